The van der Waals surface area contributed by atoms with Crippen LogP contribution in [0, 0.1) is 17.2 Å². The van der Waals surface area contributed by atoms with E-state index in [0.29, 0.717) is 18.1 Å². The third-order valence-corrected chi connectivity index (χ3v) is 5.03. The number of ketones is 1. The summed E-state index contributed by atoms with van der Waals surface area (Å²) in [5.41, 5.74) is 5.13. The summed E-state index contributed by atoms with van der Waals surface area (Å²) in [6, 6.07) is 9.74. The molecule has 0 amide bonds. The van der Waals surface area contributed by atoms with Crippen LogP contribution < -0.4 is 4.74 Å². The SMILES string of the molecule is CCOc1nccc2c1C(c1ccc(C#N)cc1CC)C(C(C)=O)C(C)=N2. The van der Waals surface area contributed by atoms with Crippen molar-refractivity contribution in [3.05, 3.63) is 52.7 Å². The molecule has 2 atom stereocenters. The van der Waals surface area contributed by atoms with Gasteiger partial charge in [0.15, 0.2) is 0 Å². The summed E-state index contributed by atoms with van der Waals surface area (Å²) in [6.45, 7) is 7.96. The maximum absolute atomic E-state index is 12.6. The van der Waals surface area contributed by atoms with E-state index in [4.69, 9.17) is 4.74 Å². The fraction of sp³-hybridized carbons (Fsp3) is 0.364. The van der Waals surface area contributed by atoms with Crippen LogP contribution in [0.5, 0.6) is 5.88 Å². The van der Waals surface area contributed by atoms with Crippen LogP contribution in [-0.2, 0) is 11.2 Å². The lowest BCUT2D eigenvalue weighted by molar-refractivity contribution is -0.119. The number of pyridine rings is 1. The van der Waals surface area contributed by atoms with Crippen LogP contribution in [0.2, 0.25) is 0 Å². The van der Waals surface area contributed by atoms with Gasteiger partial charge in [0.2, 0.25) is 5.88 Å². The lowest BCUT2D eigenvalue weighted by Crippen LogP contribution is -2.31. The molecule has 0 aliphatic carbocycles. The molecule has 3 rings (SSSR count). The number of nitriles is 1. The van der Waals surface area contributed by atoms with E-state index in [1.54, 1.807) is 13.1 Å². The van der Waals surface area contributed by atoms with Crippen molar-refractivity contribution in [2.75, 3.05) is 6.61 Å². The second kappa shape index (κ2) is 7.71. The van der Waals surface area contributed by atoms with E-state index in [-0.39, 0.29) is 17.6 Å². The van der Waals surface area contributed by atoms with Gasteiger partial charge in [-0.15, -0.1) is 0 Å². The van der Waals surface area contributed by atoms with Gasteiger partial charge in [0.05, 0.1) is 29.8 Å². The number of aromatic nitrogens is 1. The molecule has 2 unspecified atom stereocenters. The van der Waals surface area contributed by atoms with Gasteiger partial charge in [-0.2, -0.15) is 5.26 Å². The van der Waals surface area contributed by atoms with Crippen LogP contribution in [-0.4, -0.2) is 23.1 Å². The molecule has 27 heavy (non-hydrogen) atoms. The van der Waals surface area contributed by atoms with E-state index in [9.17, 15) is 10.1 Å². The van der Waals surface area contributed by atoms with Crippen molar-refractivity contribution in [3.63, 3.8) is 0 Å². The number of carbonyl (C=O) groups excluding carboxylic acids is 1. The Hall–Kier alpha value is -3.00. The van der Waals surface area contributed by atoms with E-state index < -0.39 is 0 Å². The van der Waals surface area contributed by atoms with E-state index in [1.165, 1.54) is 0 Å². The van der Waals surface area contributed by atoms with Gasteiger partial charge in [-0.3, -0.25) is 9.79 Å². The molecule has 0 fully saturated rings. The number of nitrogens with zero attached hydrogens (tertiary/aromatic N) is 3. The van der Waals surface area contributed by atoms with Crippen molar-refractivity contribution < 1.29 is 9.53 Å². The topological polar surface area (TPSA) is 75.3 Å². The van der Waals surface area contributed by atoms with Gasteiger partial charge in [0, 0.05) is 23.4 Å². The highest BCUT2D eigenvalue weighted by Crippen LogP contribution is 2.47. The van der Waals surface area contributed by atoms with E-state index in [1.807, 2.05) is 38.1 Å². The molecule has 0 spiro atoms. The molecule has 1 aliphatic heterocycles. The fourth-order valence-electron chi connectivity index (χ4n) is 3.90. The first-order valence-corrected chi connectivity index (χ1v) is 9.22. The Labute approximate surface area is 159 Å². The van der Waals surface area contributed by atoms with Crippen molar-refractivity contribution in [2.45, 2.75) is 40.0 Å². The molecule has 0 saturated heterocycles. The zero-order valence-electron chi connectivity index (χ0n) is 16.1. The number of aryl methyl sites for hydroxylation is 1. The highest BCUT2D eigenvalue weighted by atomic mass is 16.5. The third kappa shape index (κ3) is 3.35. The smallest absolute Gasteiger partial charge is 0.219 e. The van der Waals surface area contributed by atoms with Gasteiger partial charge in [-0.25, -0.2) is 4.98 Å². The lowest BCUT2D eigenvalue weighted by Gasteiger charge is -2.33. The normalized spacial score (nSPS) is 18.3. The molecule has 5 nitrogen and oxygen atoms in total. The molecule has 5 heteroatoms. The van der Waals surface area contributed by atoms with Crippen molar-refractivity contribution in [1.82, 2.24) is 4.98 Å². The molecule has 2 aromatic rings. The monoisotopic (exact) mass is 361 g/mol. The number of aliphatic imine (C=N–C) groups is 1. The van der Waals surface area contributed by atoms with Crippen molar-refractivity contribution in [1.29, 1.82) is 5.26 Å². The van der Waals surface area contributed by atoms with Gasteiger partial charge in [0.25, 0.3) is 0 Å². The maximum atomic E-state index is 12.6. The molecule has 1 aromatic carbocycles. The van der Waals surface area contributed by atoms with Gasteiger partial charge in [-0.1, -0.05) is 13.0 Å². The lowest BCUT2D eigenvalue weighted by atomic mass is 9.73. The second-order valence-corrected chi connectivity index (χ2v) is 6.68. The Morgan fingerprint density at radius 1 is 1.30 bits per heavy atom. The van der Waals surface area contributed by atoms with Crippen LogP contribution in [0.4, 0.5) is 5.69 Å². The van der Waals surface area contributed by atoms with Crippen molar-refractivity contribution >= 4 is 17.2 Å². The summed E-state index contributed by atoms with van der Waals surface area (Å²) in [6.07, 6.45) is 2.45. The van der Waals surface area contributed by atoms with Gasteiger partial charge < -0.3 is 4.74 Å². The van der Waals surface area contributed by atoms with Crippen LogP contribution in [0.25, 0.3) is 0 Å². The molecular weight excluding hydrogens is 338 g/mol. The molecule has 2 heterocycles. The Balaban J connectivity index is 2.31. The summed E-state index contributed by atoms with van der Waals surface area (Å²) in [4.78, 5) is 21.7. The summed E-state index contributed by atoms with van der Waals surface area (Å²) in [7, 11) is 0. The van der Waals surface area contributed by atoms with Gasteiger partial charge in [0.1, 0.15) is 5.78 Å². The molecular formula is C22H23N3O2. The van der Waals surface area contributed by atoms with Gasteiger partial charge >= 0.3 is 0 Å². The number of carbonyl (C=O) groups is 1. The van der Waals surface area contributed by atoms with E-state index in [0.717, 1.165) is 34.5 Å². The number of hydrogen-bond donors (Lipinski definition) is 0. The van der Waals surface area contributed by atoms with Crippen LogP contribution in [0.3, 0.4) is 0 Å². The first-order chi connectivity index (χ1) is 13.0. The van der Waals surface area contributed by atoms with Crippen LogP contribution >= 0.6 is 0 Å². The Bertz CT molecular complexity index is 957. The number of fused-ring (bicyclic) bond motifs is 1. The first-order valence-electron chi connectivity index (χ1n) is 9.22. The van der Waals surface area contributed by atoms with Gasteiger partial charge in [-0.05, 0) is 56.5 Å². The van der Waals surface area contributed by atoms with E-state index >= 15 is 0 Å². The summed E-state index contributed by atoms with van der Waals surface area (Å²) < 4.78 is 5.79. The molecule has 0 saturated carbocycles. The summed E-state index contributed by atoms with van der Waals surface area (Å²) in [5, 5.41) is 9.26. The van der Waals surface area contributed by atoms with Crippen molar-refractivity contribution in [3.8, 4) is 11.9 Å². The standard InChI is InChI=1S/C22H23N3O2/c1-5-16-11-15(12-23)7-8-17(16)20-19(14(4)26)13(3)25-18-9-10-24-22(21(18)20)27-6-2/h7-11,19-20H,5-6H2,1-4H3. The molecule has 1 aromatic heterocycles. The number of benzene rings is 1. The predicted molar refractivity (Wildman–Crippen MR) is 105 cm³/mol. The average Bonchev–Trinajstić information content (AvgIpc) is 2.66. The highest BCUT2D eigenvalue weighted by molar-refractivity contribution is 6.07. The van der Waals surface area contributed by atoms with Crippen LogP contribution in [0.1, 0.15) is 55.9 Å². The zero-order valence-corrected chi connectivity index (χ0v) is 16.1. The average molecular weight is 361 g/mol. The summed E-state index contributed by atoms with van der Waals surface area (Å²) in [5.74, 6) is -0.0226. The number of hydrogen-bond acceptors (Lipinski definition) is 5. The minimum atomic E-state index is -0.376. The molecule has 0 bridgehead atoms. The van der Waals surface area contributed by atoms with E-state index in [2.05, 4.69) is 23.0 Å². The minimum absolute atomic E-state index is 0.0598. The highest BCUT2D eigenvalue weighted by Gasteiger charge is 2.39. The predicted octanol–water partition coefficient (Wildman–Crippen LogP) is 4.36. The number of Topliss-reactive ketones (excluding diaryl/α,β-unsaturated/α-hetero) is 1. The van der Waals surface area contributed by atoms with Crippen molar-refractivity contribution in [2.24, 2.45) is 10.9 Å². The Morgan fingerprint density at radius 3 is 2.70 bits per heavy atom. The third-order valence-electron chi connectivity index (χ3n) is 5.03. The number of rotatable bonds is 5. The molecule has 1 aliphatic rings. The maximum Gasteiger partial charge on any atom is 0.219 e. The molecule has 0 N–H and O–H groups in total. The fourth-order valence-corrected chi connectivity index (χ4v) is 3.90. The quantitative estimate of drug-likeness (QED) is 0.793. The largest absolute Gasteiger partial charge is 0.478 e. The first kappa shape index (κ1) is 18.8. The second-order valence-electron chi connectivity index (χ2n) is 6.68. The Morgan fingerprint density at radius 2 is 2.07 bits per heavy atom. The summed E-state index contributed by atoms with van der Waals surface area (Å²) >= 11 is 0. The zero-order chi connectivity index (χ0) is 19.6. The minimum Gasteiger partial charge on any atom is -0.478 e. The van der Waals surface area contributed by atoms with Crippen LogP contribution in [0.15, 0.2) is 35.5 Å². The Kier molecular flexibility index (Phi) is 5.36. The number of ether oxygens (including phenoxy) is 1. The molecule has 0 radical (unpaired) electrons. The molecule has 138 valence electrons.